The summed E-state index contributed by atoms with van der Waals surface area (Å²) < 4.78 is 5.60. The lowest BCUT2D eigenvalue weighted by molar-refractivity contribution is 0.291. The fraction of sp³-hybridized carbons (Fsp3) is 0.800. The largest absolute Gasteiger partial charge is 0.463 e. The van der Waals surface area contributed by atoms with E-state index < -0.39 is 0 Å². The summed E-state index contributed by atoms with van der Waals surface area (Å²) in [7, 11) is 1.82. The summed E-state index contributed by atoms with van der Waals surface area (Å²) in [6.07, 6.45) is 7.03. The van der Waals surface area contributed by atoms with Crippen molar-refractivity contribution >= 4 is 11.9 Å². The number of hydrogen-bond acceptors (Lipinski definition) is 6. The molecule has 6 nitrogen and oxygen atoms in total. The maximum atomic E-state index is 5.60. The molecule has 1 unspecified atom stereocenters. The van der Waals surface area contributed by atoms with Crippen molar-refractivity contribution < 1.29 is 4.74 Å². The molecular formula is C15H27N5O. The molecule has 0 bridgehead atoms. The van der Waals surface area contributed by atoms with Gasteiger partial charge in [0.1, 0.15) is 0 Å². The summed E-state index contributed by atoms with van der Waals surface area (Å²) in [6.45, 7) is 5.95. The summed E-state index contributed by atoms with van der Waals surface area (Å²) in [5.41, 5.74) is 0. The molecule has 0 radical (unpaired) electrons. The number of hydrogen-bond donors (Lipinski definition) is 1. The summed E-state index contributed by atoms with van der Waals surface area (Å²) >= 11 is 0. The average Bonchev–Trinajstić information content (AvgIpc) is 2.53. The van der Waals surface area contributed by atoms with Crippen LogP contribution in [0.25, 0.3) is 0 Å². The third kappa shape index (κ3) is 4.19. The quantitative estimate of drug-likeness (QED) is 0.834. The minimum Gasteiger partial charge on any atom is -0.463 e. The predicted molar refractivity (Wildman–Crippen MR) is 85.1 cm³/mol. The Morgan fingerprint density at radius 2 is 2.05 bits per heavy atom. The molecule has 0 amide bonds. The lowest BCUT2D eigenvalue weighted by Gasteiger charge is -2.35. The van der Waals surface area contributed by atoms with Gasteiger partial charge in [0.05, 0.1) is 6.61 Å². The second kappa shape index (κ2) is 8.00. The van der Waals surface area contributed by atoms with Crippen molar-refractivity contribution in [3.05, 3.63) is 0 Å². The minimum atomic E-state index is 0.423. The van der Waals surface area contributed by atoms with E-state index in [-0.39, 0.29) is 0 Å². The maximum absolute atomic E-state index is 5.60. The van der Waals surface area contributed by atoms with Crippen molar-refractivity contribution in [1.82, 2.24) is 15.0 Å². The molecule has 21 heavy (non-hydrogen) atoms. The van der Waals surface area contributed by atoms with Crippen molar-refractivity contribution in [3.8, 4) is 6.01 Å². The van der Waals surface area contributed by atoms with Gasteiger partial charge in [0, 0.05) is 19.6 Å². The van der Waals surface area contributed by atoms with Crippen molar-refractivity contribution in [2.75, 3.05) is 30.4 Å². The van der Waals surface area contributed by atoms with Crippen LogP contribution in [0.1, 0.15) is 52.4 Å². The maximum Gasteiger partial charge on any atom is 0.323 e. The molecule has 1 N–H and O–H groups in total. The van der Waals surface area contributed by atoms with Gasteiger partial charge in [-0.25, -0.2) is 0 Å². The van der Waals surface area contributed by atoms with E-state index in [1.165, 1.54) is 32.1 Å². The van der Waals surface area contributed by atoms with Crippen molar-refractivity contribution in [2.24, 2.45) is 0 Å². The second-order valence-electron chi connectivity index (χ2n) is 5.47. The molecule has 2 rings (SSSR count). The molecule has 0 spiro atoms. The standard InChI is InChI=1S/C15H27N5O/c1-4-8-12-9-6-7-10-20(12)14-17-13(16-3)18-15(19-14)21-11-5-2/h12H,4-11H2,1-3H3,(H,16,17,18,19). The summed E-state index contributed by atoms with van der Waals surface area (Å²) in [5.74, 6) is 1.32. The van der Waals surface area contributed by atoms with Gasteiger partial charge in [0.2, 0.25) is 11.9 Å². The normalized spacial score (nSPS) is 18.6. The van der Waals surface area contributed by atoms with E-state index in [1.54, 1.807) is 0 Å². The first-order valence-electron chi connectivity index (χ1n) is 8.11. The van der Waals surface area contributed by atoms with Crippen molar-refractivity contribution in [3.63, 3.8) is 0 Å². The molecular weight excluding hydrogens is 266 g/mol. The molecule has 2 heterocycles. The van der Waals surface area contributed by atoms with E-state index >= 15 is 0 Å². The lowest BCUT2D eigenvalue weighted by atomic mass is 9.99. The number of anilines is 2. The molecule has 1 aromatic heterocycles. The average molecular weight is 293 g/mol. The smallest absolute Gasteiger partial charge is 0.323 e. The molecule has 0 aromatic carbocycles. The summed E-state index contributed by atoms with van der Waals surface area (Å²) in [5, 5.41) is 3.00. The molecule has 1 aliphatic heterocycles. The monoisotopic (exact) mass is 293 g/mol. The fourth-order valence-corrected chi connectivity index (χ4v) is 2.74. The first-order chi connectivity index (χ1) is 10.3. The SMILES string of the molecule is CCCOc1nc(NC)nc(N2CCCCC2CCC)n1. The highest BCUT2D eigenvalue weighted by atomic mass is 16.5. The van der Waals surface area contributed by atoms with Gasteiger partial charge in [-0.2, -0.15) is 15.0 Å². The number of rotatable bonds is 7. The molecule has 1 atom stereocenters. The van der Waals surface area contributed by atoms with Gasteiger partial charge in [-0.15, -0.1) is 0 Å². The Kier molecular flexibility index (Phi) is 6.02. The second-order valence-corrected chi connectivity index (χ2v) is 5.47. The van der Waals surface area contributed by atoms with Gasteiger partial charge in [-0.3, -0.25) is 0 Å². The molecule has 0 aliphatic carbocycles. The van der Waals surface area contributed by atoms with E-state index in [1.807, 2.05) is 7.05 Å². The van der Waals surface area contributed by atoms with Gasteiger partial charge >= 0.3 is 6.01 Å². The predicted octanol–water partition coefficient (Wildman–Crippen LogP) is 2.86. The first-order valence-corrected chi connectivity index (χ1v) is 8.11. The van der Waals surface area contributed by atoms with Crippen LogP contribution < -0.4 is 15.0 Å². The zero-order valence-corrected chi connectivity index (χ0v) is 13.4. The van der Waals surface area contributed by atoms with Crippen LogP contribution in [0.4, 0.5) is 11.9 Å². The Labute approximate surface area is 127 Å². The lowest BCUT2D eigenvalue weighted by Crippen LogP contribution is -2.40. The highest BCUT2D eigenvalue weighted by molar-refractivity contribution is 5.39. The Bertz CT molecular complexity index is 438. The van der Waals surface area contributed by atoms with Gasteiger partial charge in [-0.05, 0) is 32.1 Å². The molecule has 6 heteroatoms. The summed E-state index contributed by atoms with van der Waals surface area (Å²) in [6, 6.07) is 0.960. The van der Waals surface area contributed by atoms with E-state index in [0.717, 1.165) is 18.9 Å². The Balaban J connectivity index is 2.22. The Morgan fingerprint density at radius 3 is 2.76 bits per heavy atom. The van der Waals surface area contributed by atoms with Crippen LogP contribution in [-0.2, 0) is 0 Å². The van der Waals surface area contributed by atoms with E-state index in [0.29, 0.717) is 24.6 Å². The van der Waals surface area contributed by atoms with Crippen LogP contribution in [0.3, 0.4) is 0 Å². The number of aromatic nitrogens is 3. The van der Waals surface area contributed by atoms with Gasteiger partial charge in [0.25, 0.3) is 0 Å². The van der Waals surface area contributed by atoms with Crippen LogP contribution >= 0.6 is 0 Å². The van der Waals surface area contributed by atoms with Crippen molar-refractivity contribution in [2.45, 2.75) is 58.4 Å². The Morgan fingerprint density at radius 1 is 1.19 bits per heavy atom. The topological polar surface area (TPSA) is 63.2 Å². The highest BCUT2D eigenvalue weighted by Crippen LogP contribution is 2.26. The van der Waals surface area contributed by atoms with E-state index in [4.69, 9.17) is 4.74 Å². The van der Waals surface area contributed by atoms with Gasteiger partial charge < -0.3 is 15.0 Å². The van der Waals surface area contributed by atoms with Gasteiger partial charge in [0.15, 0.2) is 0 Å². The third-order valence-corrected chi connectivity index (χ3v) is 3.77. The molecule has 118 valence electrons. The summed E-state index contributed by atoms with van der Waals surface area (Å²) in [4.78, 5) is 15.6. The number of nitrogens with zero attached hydrogens (tertiary/aromatic N) is 4. The first kappa shape index (κ1) is 15.8. The van der Waals surface area contributed by atoms with Crippen molar-refractivity contribution in [1.29, 1.82) is 0 Å². The van der Waals surface area contributed by atoms with E-state index in [2.05, 4.69) is 39.0 Å². The minimum absolute atomic E-state index is 0.423. The van der Waals surface area contributed by atoms with Crippen LogP contribution in [0.5, 0.6) is 6.01 Å². The van der Waals surface area contributed by atoms with E-state index in [9.17, 15) is 0 Å². The highest BCUT2D eigenvalue weighted by Gasteiger charge is 2.25. The molecule has 1 aromatic rings. The molecule has 1 aliphatic rings. The van der Waals surface area contributed by atoms with Crippen LogP contribution in [-0.4, -0.2) is 41.2 Å². The number of nitrogens with one attached hydrogen (secondary N) is 1. The zero-order valence-electron chi connectivity index (χ0n) is 13.4. The molecule has 1 saturated heterocycles. The number of piperidine rings is 1. The third-order valence-electron chi connectivity index (χ3n) is 3.77. The van der Waals surface area contributed by atoms with Gasteiger partial charge in [-0.1, -0.05) is 20.3 Å². The van der Waals surface area contributed by atoms with Crippen LogP contribution in [0.15, 0.2) is 0 Å². The van der Waals surface area contributed by atoms with Crippen LogP contribution in [0.2, 0.25) is 0 Å². The number of ether oxygens (including phenoxy) is 1. The molecule has 0 saturated carbocycles. The van der Waals surface area contributed by atoms with Crippen LogP contribution in [0, 0.1) is 0 Å². The Hall–Kier alpha value is -1.59. The molecule has 1 fully saturated rings. The fourth-order valence-electron chi connectivity index (χ4n) is 2.74. The zero-order chi connectivity index (χ0) is 15.1.